The second kappa shape index (κ2) is 5.65. The average Bonchev–Trinajstić information content (AvgIpc) is 2.76. The van der Waals surface area contributed by atoms with Gasteiger partial charge in [-0.1, -0.05) is 11.6 Å². The predicted octanol–water partition coefficient (Wildman–Crippen LogP) is 2.19. The van der Waals surface area contributed by atoms with Gasteiger partial charge in [0.25, 0.3) is 0 Å². The second-order valence-corrected chi connectivity index (χ2v) is 6.80. The summed E-state index contributed by atoms with van der Waals surface area (Å²) in [6.07, 6.45) is 1.60. The van der Waals surface area contributed by atoms with E-state index in [4.69, 9.17) is 16.9 Å². The van der Waals surface area contributed by atoms with Crippen LogP contribution in [0.5, 0.6) is 0 Å². The van der Waals surface area contributed by atoms with E-state index in [2.05, 4.69) is 5.10 Å². The van der Waals surface area contributed by atoms with Gasteiger partial charge in [0.1, 0.15) is 0 Å². The van der Waals surface area contributed by atoms with Crippen LogP contribution in [0.25, 0.3) is 0 Å². The monoisotopic (exact) mass is 309 g/mol. The van der Waals surface area contributed by atoms with Crippen LogP contribution in [0, 0.1) is 18.3 Å². The van der Waals surface area contributed by atoms with Crippen molar-refractivity contribution in [3.8, 4) is 6.07 Å². The van der Waals surface area contributed by atoms with Crippen LogP contribution >= 0.6 is 11.6 Å². The number of sulfone groups is 1. The van der Waals surface area contributed by atoms with E-state index in [0.29, 0.717) is 16.3 Å². The standard InChI is InChI=1S/C13H12ClN3O2S/c1-10-13(14)9-17(16-10)6-7-20(18,19)12-4-2-11(8-15)3-5-12/h2-5,9H,6-7H2,1H3. The minimum Gasteiger partial charge on any atom is -0.270 e. The summed E-state index contributed by atoms with van der Waals surface area (Å²) in [6.45, 7) is 1.99. The van der Waals surface area contributed by atoms with Gasteiger partial charge in [-0.05, 0) is 31.2 Å². The molecule has 0 radical (unpaired) electrons. The summed E-state index contributed by atoms with van der Waals surface area (Å²) in [5.74, 6) is -0.0731. The molecule has 0 unspecified atom stereocenters. The van der Waals surface area contributed by atoms with E-state index in [1.54, 1.807) is 13.1 Å². The van der Waals surface area contributed by atoms with Gasteiger partial charge in [-0.3, -0.25) is 4.68 Å². The number of aryl methyl sites for hydroxylation is 2. The maximum absolute atomic E-state index is 12.1. The Morgan fingerprint density at radius 1 is 1.35 bits per heavy atom. The molecule has 0 atom stereocenters. The first kappa shape index (κ1) is 14.6. The molecule has 1 heterocycles. The lowest BCUT2D eigenvalue weighted by Gasteiger charge is -2.04. The molecule has 1 aromatic carbocycles. The van der Waals surface area contributed by atoms with Crippen molar-refractivity contribution in [3.05, 3.63) is 46.7 Å². The van der Waals surface area contributed by atoms with Crippen LogP contribution in [0.4, 0.5) is 0 Å². The molecule has 20 heavy (non-hydrogen) atoms. The fourth-order valence-corrected chi connectivity index (χ4v) is 3.04. The molecule has 5 nitrogen and oxygen atoms in total. The number of nitriles is 1. The van der Waals surface area contributed by atoms with Crippen molar-refractivity contribution in [3.63, 3.8) is 0 Å². The van der Waals surface area contributed by atoms with Crippen LogP contribution in [0.1, 0.15) is 11.3 Å². The Kier molecular flexibility index (Phi) is 4.12. The molecule has 0 aliphatic heterocycles. The third-order valence-electron chi connectivity index (χ3n) is 2.82. The molecule has 0 aliphatic rings. The van der Waals surface area contributed by atoms with Crippen LogP contribution in [0.2, 0.25) is 5.02 Å². The minimum absolute atomic E-state index is 0.0731. The van der Waals surface area contributed by atoms with Crippen molar-refractivity contribution in [1.29, 1.82) is 5.26 Å². The Bertz CT molecular complexity index is 738. The Morgan fingerprint density at radius 3 is 2.50 bits per heavy atom. The summed E-state index contributed by atoms with van der Waals surface area (Å²) in [5.41, 5.74) is 1.10. The van der Waals surface area contributed by atoms with E-state index in [0.717, 1.165) is 0 Å². The Balaban J connectivity index is 2.12. The maximum Gasteiger partial charge on any atom is 0.180 e. The summed E-state index contributed by atoms with van der Waals surface area (Å²) < 4.78 is 25.8. The SMILES string of the molecule is Cc1nn(CCS(=O)(=O)c2ccc(C#N)cc2)cc1Cl. The Labute approximate surface area is 122 Å². The zero-order valence-corrected chi connectivity index (χ0v) is 12.3. The van der Waals surface area contributed by atoms with Gasteiger partial charge in [0, 0.05) is 6.20 Å². The Morgan fingerprint density at radius 2 is 2.00 bits per heavy atom. The van der Waals surface area contributed by atoms with E-state index < -0.39 is 9.84 Å². The van der Waals surface area contributed by atoms with Gasteiger partial charge in [0.05, 0.1) is 39.5 Å². The first-order chi connectivity index (χ1) is 9.42. The zero-order valence-electron chi connectivity index (χ0n) is 10.7. The van der Waals surface area contributed by atoms with Crippen molar-refractivity contribution < 1.29 is 8.42 Å². The van der Waals surface area contributed by atoms with E-state index in [9.17, 15) is 8.42 Å². The van der Waals surface area contributed by atoms with E-state index >= 15 is 0 Å². The number of nitrogens with zero attached hydrogens (tertiary/aromatic N) is 3. The van der Waals surface area contributed by atoms with Crippen molar-refractivity contribution in [2.75, 3.05) is 5.75 Å². The third-order valence-corrected chi connectivity index (χ3v) is 4.90. The lowest BCUT2D eigenvalue weighted by Crippen LogP contribution is -2.13. The fourth-order valence-electron chi connectivity index (χ4n) is 1.68. The summed E-state index contributed by atoms with van der Waals surface area (Å²) in [4.78, 5) is 0.200. The lowest BCUT2D eigenvalue weighted by molar-refractivity contribution is 0.580. The highest BCUT2D eigenvalue weighted by atomic mass is 35.5. The predicted molar refractivity (Wildman–Crippen MR) is 75.2 cm³/mol. The first-order valence-corrected chi connectivity index (χ1v) is 7.88. The molecule has 0 bridgehead atoms. The number of hydrogen-bond donors (Lipinski definition) is 0. The number of rotatable bonds is 4. The van der Waals surface area contributed by atoms with Crippen LogP contribution in [-0.2, 0) is 16.4 Å². The molecule has 7 heteroatoms. The molecule has 0 saturated carbocycles. The molecule has 0 aliphatic carbocycles. The molecular formula is C13H12ClN3O2S. The smallest absolute Gasteiger partial charge is 0.180 e. The highest BCUT2D eigenvalue weighted by Gasteiger charge is 2.15. The molecule has 0 fully saturated rings. The quantitative estimate of drug-likeness (QED) is 0.867. The van der Waals surface area contributed by atoms with Gasteiger partial charge in [-0.2, -0.15) is 10.4 Å². The molecule has 2 aromatic rings. The molecule has 0 saturated heterocycles. The maximum atomic E-state index is 12.1. The number of halogens is 1. The van der Waals surface area contributed by atoms with Crippen molar-refractivity contribution in [2.45, 2.75) is 18.4 Å². The van der Waals surface area contributed by atoms with Gasteiger partial charge in [-0.15, -0.1) is 0 Å². The zero-order chi connectivity index (χ0) is 14.8. The number of benzene rings is 1. The molecule has 0 N–H and O–H groups in total. The molecule has 2 rings (SSSR count). The van der Waals surface area contributed by atoms with Gasteiger partial charge in [0.2, 0.25) is 0 Å². The van der Waals surface area contributed by atoms with Crippen molar-refractivity contribution >= 4 is 21.4 Å². The fraction of sp³-hybridized carbons (Fsp3) is 0.231. The lowest BCUT2D eigenvalue weighted by atomic mass is 10.2. The van der Waals surface area contributed by atoms with E-state index in [1.807, 2.05) is 6.07 Å². The first-order valence-electron chi connectivity index (χ1n) is 5.85. The second-order valence-electron chi connectivity index (χ2n) is 4.28. The van der Waals surface area contributed by atoms with Crippen LogP contribution in [0.3, 0.4) is 0 Å². The third kappa shape index (κ3) is 3.18. The van der Waals surface area contributed by atoms with E-state index in [1.165, 1.54) is 28.9 Å². The summed E-state index contributed by atoms with van der Waals surface area (Å²) >= 11 is 5.87. The summed E-state index contributed by atoms with van der Waals surface area (Å²) in [5, 5.41) is 13.3. The van der Waals surface area contributed by atoms with Gasteiger partial charge >= 0.3 is 0 Å². The van der Waals surface area contributed by atoms with Gasteiger partial charge < -0.3 is 0 Å². The van der Waals surface area contributed by atoms with Crippen LogP contribution in [-0.4, -0.2) is 24.0 Å². The Hall–Kier alpha value is -1.84. The van der Waals surface area contributed by atoms with E-state index in [-0.39, 0.29) is 17.2 Å². The van der Waals surface area contributed by atoms with Gasteiger partial charge in [0.15, 0.2) is 9.84 Å². The molecule has 1 aromatic heterocycles. The van der Waals surface area contributed by atoms with Crippen molar-refractivity contribution in [2.24, 2.45) is 0 Å². The summed E-state index contributed by atoms with van der Waals surface area (Å²) in [6, 6.07) is 7.80. The highest BCUT2D eigenvalue weighted by Crippen LogP contribution is 2.15. The number of aromatic nitrogens is 2. The largest absolute Gasteiger partial charge is 0.270 e. The minimum atomic E-state index is -3.40. The number of hydrogen-bond acceptors (Lipinski definition) is 4. The van der Waals surface area contributed by atoms with Crippen LogP contribution < -0.4 is 0 Å². The van der Waals surface area contributed by atoms with Gasteiger partial charge in [-0.25, -0.2) is 8.42 Å². The molecular weight excluding hydrogens is 298 g/mol. The topological polar surface area (TPSA) is 75.8 Å². The molecule has 0 amide bonds. The molecule has 104 valence electrons. The normalized spacial score (nSPS) is 11.2. The van der Waals surface area contributed by atoms with Crippen LogP contribution in [0.15, 0.2) is 35.4 Å². The molecule has 0 spiro atoms. The average molecular weight is 310 g/mol. The highest BCUT2D eigenvalue weighted by molar-refractivity contribution is 7.91. The van der Waals surface area contributed by atoms with Crippen molar-refractivity contribution in [1.82, 2.24) is 9.78 Å². The summed E-state index contributed by atoms with van der Waals surface area (Å²) in [7, 11) is -3.40.